The summed E-state index contributed by atoms with van der Waals surface area (Å²) in [7, 11) is 0. The number of hydrogen-bond donors (Lipinski definition) is 2. The first-order valence-electron chi connectivity index (χ1n) is 5.37. The number of unbranched alkanes of at least 4 members (excludes halogenated alkanes) is 1. The van der Waals surface area contributed by atoms with Gasteiger partial charge in [-0.3, -0.25) is 4.90 Å². The maximum absolute atomic E-state index is 8.63. The summed E-state index contributed by atoms with van der Waals surface area (Å²) in [6, 6.07) is 0. The summed E-state index contributed by atoms with van der Waals surface area (Å²) in [5.41, 5.74) is 6.38. The molecule has 0 radical (unpaired) electrons. The van der Waals surface area contributed by atoms with Gasteiger partial charge < -0.3 is 10.8 Å². The second kappa shape index (κ2) is 3.56. The van der Waals surface area contributed by atoms with Crippen LogP contribution < -0.4 is 5.73 Å². The lowest BCUT2D eigenvalue weighted by atomic mass is 9.85. The molecular weight excluding hydrogens is 164 g/mol. The fourth-order valence-corrected chi connectivity index (χ4v) is 2.31. The van der Waals surface area contributed by atoms with Gasteiger partial charge in [0.1, 0.15) is 0 Å². The molecular formula is C10H20N2O. The van der Waals surface area contributed by atoms with Crippen molar-refractivity contribution in [3.05, 3.63) is 0 Å². The van der Waals surface area contributed by atoms with E-state index in [0.717, 1.165) is 38.4 Å². The van der Waals surface area contributed by atoms with Gasteiger partial charge in [-0.1, -0.05) is 0 Å². The molecule has 1 aliphatic carbocycles. The lowest BCUT2D eigenvalue weighted by Crippen LogP contribution is -2.68. The molecule has 0 bridgehead atoms. The number of likely N-dealkylation sites (tertiary alicyclic amines) is 1. The zero-order chi connectivity index (χ0) is 9.31. The summed E-state index contributed by atoms with van der Waals surface area (Å²) in [5.74, 6) is 0.821. The van der Waals surface area contributed by atoms with Gasteiger partial charge in [-0.2, -0.15) is 0 Å². The Bertz CT molecular complexity index is 174. The number of aliphatic hydroxyl groups excluding tert-OH is 1. The molecule has 1 saturated carbocycles. The van der Waals surface area contributed by atoms with Crippen LogP contribution in [0.4, 0.5) is 0 Å². The van der Waals surface area contributed by atoms with Gasteiger partial charge in [0.2, 0.25) is 0 Å². The molecule has 13 heavy (non-hydrogen) atoms. The van der Waals surface area contributed by atoms with Crippen molar-refractivity contribution in [1.82, 2.24) is 4.90 Å². The maximum atomic E-state index is 8.63. The fourth-order valence-electron chi connectivity index (χ4n) is 2.31. The number of hydrogen-bond acceptors (Lipinski definition) is 3. The normalized spacial score (nSPS) is 27.2. The van der Waals surface area contributed by atoms with Crippen LogP contribution in [0.3, 0.4) is 0 Å². The smallest absolute Gasteiger partial charge is 0.0440 e. The first-order valence-corrected chi connectivity index (χ1v) is 5.37. The van der Waals surface area contributed by atoms with Crippen LogP contribution in [-0.4, -0.2) is 41.8 Å². The summed E-state index contributed by atoms with van der Waals surface area (Å²) in [6.07, 6.45) is 4.73. The molecule has 3 nitrogen and oxygen atoms in total. The first-order chi connectivity index (χ1) is 6.24. The van der Waals surface area contributed by atoms with Gasteiger partial charge in [-0.05, 0) is 38.1 Å². The molecule has 0 atom stereocenters. The van der Waals surface area contributed by atoms with Crippen molar-refractivity contribution in [3.8, 4) is 0 Å². The monoisotopic (exact) mass is 184 g/mol. The number of nitrogens with two attached hydrogens (primary N) is 1. The van der Waals surface area contributed by atoms with Gasteiger partial charge in [0, 0.05) is 25.2 Å². The molecule has 3 heteroatoms. The van der Waals surface area contributed by atoms with Crippen LogP contribution in [0, 0.1) is 5.92 Å². The minimum absolute atomic E-state index is 0.166. The third kappa shape index (κ3) is 2.03. The van der Waals surface area contributed by atoms with Crippen LogP contribution in [0.25, 0.3) is 0 Å². The van der Waals surface area contributed by atoms with Crippen molar-refractivity contribution in [3.63, 3.8) is 0 Å². The van der Waals surface area contributed by atoms with Crippen LogP contribution >= 0.6 is 0 Å². The molecule has 2 rings (SSSR count). The van der Waals surface area contributed by atoms with E-state index in [1.165, 1.54) is 12.8 Å². The highest BCUT2D eigenvalue weighted by Crippen LogP contribution is 2.42. The molecule has 0 spiro atoms. The third-order valence-corrected chi connectivity index (χ3v) is 3.31. The fraction of sp³-hybridized carbons (Fsp3) is 1.00. The van der Waals surface area contributed by atoms with Gasteiger partial charge in [0.15, 0.2) is 0 Å². The molecule has 76 valence electrons. The molecule has 3 N–H and O–H groups in total. The molecule has 1 aliphatic heterocycles. The lowest BCUT2D eigenvalue weighted by Gasteiger charge is -2.48. The lowest BCUT2D eigenvalue weighted by molar-refractivity contribution is 0.0523. The van der Waals surface area contributed by atoms with E-state index in [0.29, 0.717) is 6.61 Å². The second-order valence-electron chi connectivity index (χ2n) is 4.65. The predicted molar refractivity (Wildman–Crippen MR) is 52.4 cm³/mol. The molecule has 0 amide bonds. The number of nitrogens with zero attached hydrogens (tertiary/aromatic N) is 1. The Balaban J connectivity index is 1.60. The molecule has 2 aliphatic rings. The zero-order valence-corrected chi connectivity index (χ0v) is 8.21. The highest BCUT2D eigenvalue weighted by molar-refractivity contribution is 5.08. The van der Waals surface area contributed by atoms with E-state index < -0.39 is 0 Å². The Kier molecular flexibility index (Phi) is 2.58. The average molecular weight is 184 g/mol. The molecule has 0 aromatic carbocycles. The highest BCUT2D eigenvalue weighted by Gasteiger charge is 2.49. The van der Waals surface area contributed by atoms with Crippen molar-refractivity contribution in [2.24, 2.45) is 11.7 Å². The molecule has 1 saturated heterocycles. The summed E-state index contributed by atoms with van der Waals surface area (Å²) < 4.78 is 0. The number of rotatable bonds is 5. The molecule has 0 aromatic rings. The van der Waals surface area contributed by atoms with Gasteiger partial charge >= 0.3 is 0 Å². The Labute approximate surface area is 79.9 Å². The molecule has 0 unspecified atom stereocenters. The SMILES string of the molecule is NC1(C2CC2)CN(CCCCO)C1. The van der Waals surface area contributed by atoms with Crippen molar-refractivity contribution in [2.75, 3.05) is 26.2 Å². The topological polar surface area (TPSA) is 49.5 Å². The predicted octanol–water partition coefficient (Wildman–Crippen LogP) is 0.182. The summed E-state index contributed by atoms with van der Waals surface area (Å²) >= 11 is 0. The van der Waals surface area contributed by atoms with Crippen LogP contribution in [0.5, 0.6) is 0 Å². The largest absolute Gasteiger partial charge is 0.396 e. The van der Waals surface area contributed by atoms with Crippen LogP contribution in [-0.2, 0) is 0 Å². The van der Waals surface area contributed by atoms with Crippen molar-refractivity contribution >= 4 is 0 Å². The molecule has 1 heterocycles. The quantitative estimate of drug-likeness (QED) is 0.599. The van der Waals surface area contributed by atoms with E-state index in [1.54, 1.807) is 0 Å². The Hall–Kier alpha value is -0.120. The van der Waals surface area contributed by atoms with Gasteiger partial charge in [-0.25, -0.2) is 0 Å². The summed E-state index contributed by atoms with van der Waals surface area (Å²) in [4.78, 5) is 2.41. The minimum atomic E-state index is 0.166. The highest BCUT2D eigenvalue weighted by atomic mass is 16.2. The standard InChI is InChI=1S/C10H20N2O/c11-10(9-3-4-9)7-12(8-10)5-1-2-6-13/h9,13H,1-8,11H2. The van der Waals surface area contributed by atoms with Crippen molar-refractivity contribution in [2.45, 2.75) is 31.2 Å². The van der Waals surface area contributed by atoms with E-state index in [-0.39, 0.29) is 5.54 Å². The van der Waals surface area contributed by atoms with Gasteiger partial charge in [0.05, 0.1) is 0 Å². The summed E-state index contributed by atoms with van der Waals surface area (Å²) in [6.45, 7) is 3.61. The third-order valence-electron chi connectivity index (χ3n) is 3.31. The molecule has 0 aromatic heterocycles. The maximum Gasteiger partial charge on any atom is 0.0440 e. The Morgan fingerprint density at radius 3 is 2.54 bits per heavy atom. The van der Waals surface area contributed by atoms with E-state index in [9.17, 15) is 0 Å². The minimum Gasteiger partial charge on any atom is -0.396 e. The van der Waals surface area contributed by atoms with E-state index >= 15 is 0 Å². The van der Waals surface area contributed by atoms with E-state index in [1.807, 2.05) is 0 Å². The van der Waals surface area contributed by atoms with Crippen LogP contribution in [0.2, 0.25) is 0 Å². The van der Waals surface area contributed by atoms with Gasteiger partial charge in [-0.15, -0.1) is 0 Å². The second-order valence-corrected chi connectivity index (χ2v) is 4.65. The zero-order valence-electron chi connectivity index (χ0n) is 8.21. The van der Waals surface area contributed by atoms with Gasteiger partial charge in [0.25, 0.3) is 0 Å². The van der Waals surface area contributed by atoms with Crippen molar-refractivity contribution in [1.29, 1.82) is 0 Å². The first kappa shape index (κ1) is 9.44. The van der Waals surface area contributed by atoms with Crippen molar-refractivity contribution < 1.29 is 5.11 Å². The molecule has 2 fully saturated rings. The van der Waals surface area contributed by atoms with E-state index in [2.05, 4.69) is 4.90 Å². The average Bonchev–Trinajstić information content (AvgIpc) is 2.83. The van der Waals surface area contributed by atoms with Crippen LogP contribution in [0.1, 0.15) is 25.7 Å². The Morgan fingerprint density at radius 1 is 1.31 bits per heavy atom. The van der Waals surface area contributed by atoms with E-state index in [4.69, 9.17) is 10.8 Å². The number of aliphatic hydroxyl groups is 1. The summed E-state index contributed by atoms with van der Waals surface area (Å²) in [5, 5.41) is 8.63. The Morgan fingerprint density at radius 2 is 2.00 bits per heavy atom. The van der Waals surface area contributed by atoms with Crippen LogP contribution in [0.15, 0.2) is 0 Å².